The van der Waals surface area contributed by atoms with Crippen molar-refractivity contribution in [1.82, 2.24) is 14.5 Å². The number of nitrogens with zero attached hydrogens (tertiary/aromatic N) is 2. The van der Waals surface area contributed by atoms with Gasteiger partial charge in [-0.1, -0.05) is 0 Å². The molecule has 9 nitrogen and oxygen atoms in total. The van der Waals surface area contributed by atoms with Gasteiger partial charge in [0.15, 0.2) is 0 Å². The molecule has 0 spiro atoms. The summed E-state index contributed by atoms with van der Waals surface area (Å²) in [6.07, 6.45) is 0.454. The van der Waals surface area contributed by atoms with Crippen molar-refractivity contribution in [2.24, 2.45) is 0 Å². The lowest BCUT2D eigenvalue weighted by Gasteiger charge is -2.28. The van der Waals surface area contributed by atoms with Gasteiger partial charge in [0.25, 0.3) is 0 Å². The smallest absolute Gasteiger partial charge is 0.326 e. The summed E-state index contributed by atoms with van der Waals surface area (Å²) in [7, 11) is -3.43. The lowest BCUT2D eigenvalue weighted by atomic mass is 10.2. The standard InChI is InChI=1S/C12H21N3O6S/c1-9(12(18)19)15(6-4-13-10(2)16)11(17)8-14-5-3-7-22(14,20)21/h9H,3-8H2,1-2H3,(H,13,16)(H,18,19). The zero-order valence-electron chi connectivity index (χ0n) is 12.6. The molecule has 1 aliphatic rings. The Labute approximate surface area is 129 Å². The van der Waals surface area contributed by atoms with E-state index in [0.717, 1.165) is 9.21 Å². The Hall–Kier alpha value is -1.68. The molecule has 0 radical (unpaired) electrons. The summed E-state index contributed by atoms with van der Waals surface area (Å²) in [4.78, 5) is 35.3. The number of sulfonamides is 1. The molecule has 1 rings (SSSR count). The van der Waals surface area contributed by atoms with Crippen molar-refractivity contribution in [2.45, 2.75) is 26.3 Å². The molecule has 0 aromatic carbocycles. The number of carboxylic acids is 1. The van der Waals surface area contributed by atoms with Gasteiger partial charge in [-0.3, -0.25) is 9.59 Å². The monoisotopic (exact) mass is 335 g/mol. The van der Waals surface area contributed by atoms with Crippen molar-refractivity contribution >= 4 is 27.8 Å². The van der Waals surface area contributed by atoms with Gasteiger partial charge in [-0.2, -0.15) is 4.31 Å². The van der Waals surface area contributed by atoms with Crippen molar-refractivity contribution in [2.75, 3.05) is 31.9 Å². The van der Waals surface area contributed by atoms with Crippen LogP contribution in [0.1, 0.15) is 20.3 Å². The minimum atomic E-state index is -3.43. The molecule has 1 fully saturated rings. The first-order valence-electron chi connectivity index (χ1n) is 6.89. The number of hydrogen-bond acceptors (Lipinski definition) is 5. The second-order valence-electron chi connectivity index (χ2n) is 5.09. The maximum absolute atomic E-state index is 12.3. The third kappa shape index (κ3) is 4.95. The molecule has 2 N–H and O–H groups in total. The van der Waals surface area contributed by atoms with Crippen LogP contribution >= 0.6 is 0 Å². The summed E-state index contributed by atoms with van der Waals surface area (Å²) in [5.41, 5.74) is 0. The molecule has 10 heteroatoms. The van der Waals surface area contributed by atoms with Crippen LogP contribution in [0.25, 0.3) is 0 Å². The molecular formula is C12H21N3O6S. The topological polar surface area (TPSA) is 124 Å². The van der Waals surface area contributed by atoms with Crippen LogP contribution in [0.5, 0.6) is 0 Å². The zero-order chi connectivity index (χ0) is 16.9. The Bertz CT molecular complexity index is 547. The van der Waals surface area contributed by atoms with E-state index in [1.165, 1.54) is 13.8 Å². The van der Waals surface area contributed by atoms with Gasteiger partial charge in [0, 0.05) is 26.6 Å². The van der Waals surface area contributed by atoms with Crippen molar-refractivity contribution in [3.8, 4) is 0 Å². The Kier molecular flexibility index (Phi) is 6.30. The highest BCUT2D eigenvalue weighted by Gasteiger charge is 2.33. The molecule has 0 aliphatic carbocycles. The van der Waals surface area contributed by atoms with Crippen molar-refractivity contribution in [3.05, 3.63) is 0 Å². The number of nitrogens with one attached hydrogen (secondary N) is 1. The molecule has 1 saturated heterocycles. The lowest BCUT2D eigenvalue weighted by molar-refractivity contribution is -0.149. The van der Waals surface area contributed by atoms with E-state index in [2.05, 4.69) is 5.32 Å². The molecule has 126 valence electrons. The maximum Gasteiger partial charge on any atom is 0.326 e. The van der Waals surface area contributed by atoms with E-state index in [4.69, 9.17) is 5.11 Å². The number of carboxylic acid groups (broad SMARTS) is 1. The van der Waals surface area contributed by atoms with Crippen LogP contribution in [0.15, 0.2) is 0 Å². The first-order chi connectivity index (χ1) is 10.1. The molecule has 22 heavy (non-hydrogen) atoms. The van der Waals surface area contributed by atoms with Crippen molar-refractivity contribution in [3.63, 3.8) is 0 Å². The molecule has 1 aliphatic heterocycles. The van der Waals surface area contributed by atoms with Gasteiger partial charge >= 0.3 is 5.97 Å². The number of carbonyl (C=O) groups is 3. The maximum atomic E-state index is 12.3. The van der Waals surface area contributed by atoms with Gasteiger partial charge in [0.05, 0.1) is 12.3 Å². The lowest BCUT2D eigenvalue weighted by Crippen LogP contribution is -2.50. The fourth-order valence-electron chi connectivity index (χ4n) is 2.13. The molecule has 1 unspecified atom stereocenters. The highest BCUT2D eigenvalue weighted by atomic mass is 32.2. The summed E-state index contributed by atoms with van der Waals surface area (Å²) < 4.78 is 24.5. The molecule has 0 aromatic heterocycles. The number of aliphatic carboxylic acids is 1. The van der Waals surface area contributed by atoms with Gasteiger partial charge in [-0.15, -0.1) is 0 Å². The van der Waals surface area contributed by atoms with Crippen LogP contribution in [0.4, 0.5) is 0 Å². The summed E-state index contributed by atoms with van der Waals surface area (Å²) in [5, 5.41) is 11.5. The Morgan fingerprint density at radius 1 is 1.36 bits per heavy atom. The highest BCUT2D eigenvalue weighted by Crippen LogP contribution is 2.14. The van der Waals surface area contributed by atoms with Crippen LogP contribution in [0, 0.1) is 0 Å². The fourth-order valence-corrected chi connectivity index (χ4v) is 3.60. The molecule has 2 amide bonds. The van der Waals surface area contributed by atoms with Crippen LogP contribution in [0.2, 0.25) is 0 Å². The van der Waals surface area contributed by atoms with Crippen LogP contribution < -0.4 is 5.32 Å². The average molecular weight is 335 g/mol. The fraction of sp³-hybridized carbons (Fsp3) is 0.750. The quantitative estimate of drug-likeness (QED) is 0.581. The average Bonchev–Trinajstić information content (AvgIpc) is 2.72. The first kappa shape index (κ1) is 18.4. The molecule has 0 saturated carbocycles. The van der Waals surface area contributed by atoms with E-state index in [1.54, 1.807) is 0 Å². The number of hydrogen-bond donors (Lipinski definition) is 2. The zero-order valence-corrected chi connectivity index (χ0v) is 13.4. The minimum Gasteiger partial charge on any atom is -0.480 e. The van der Waals surface area contributed by atoms with E-state index < -0.39 is 27.9 Å². The number of carbonyl (C=O) groups excluding carboxylic acids is 2. The summed E-state index contributed by atoms with van der Waals surface area (Å²) >= 11 is 0. The molecule has 0 aromatic rings. The molecule has 1 heterocycles. The van der Waals surface area contributed by atoms with Gasteiger partial charge in [-0.25, -0.2) is 13.2 Å². The predicted molar refractivity (Wildman–Crippen MR) is 77.5 cm³/mol. The van der Waals surface area contributed by atoms with E-state index in [-0.39, 0.29) is 37.8 Å². The van der Waals surface area contributed by atoms with E-state index in [9.17, 15) is 22.8 Å². The second kappa shape index (κ2) is 7.54. The Morgan fingerprint density at radius 2 is 2.00 bits per heavy atom. The third-order valence-electron chi connectivity index (χ3n) is 3.39. The van der Waals surface area contributed by atoms with Gasteiger partial charge in [-0.05, 0) is 13.3 Å². The van der Waals surface area contributed by atoms with Gasteiger partial charge in [0.2, 0.25) is 21.8 Å². The summed E-state index contributed by atoms with van der Waals surface area (Å²) in [6, 6.07) is -1.11. The summed E-state index contributed by atoms with van der Waals surface area (Å²) in [5.74, 6) is -2.08. The largest absolute Gasteiger partial charge is 0.480 e. The van der Waals surface area contributed by atoms with E-state index in [0.29, 0.717) is 6.42 Å². The van der Waals surface area contributed by atoms with Crippen molar-refractivity contribution < 1.29 is 27.9 Å². The molecular weight excluding hydrogens is 314 g/mol. The minimum absolute atomic E-state index is 0.000231. The number of amides is 2. The normalized spacial score (nSPS) is 18.6. The van der Waals surface area contributed by atoms with Gasteiger partial charge < -0.3 is 15.3 Å². The van der Waals surface area contributed by atoms with Crippen LogP contribution in [0.3, 0.4) is 0 Å². The Morgan fingerprint density at radius 3 is 2.45 bits per heavy atom. The SMILES string of the molecule is CC(=O)NCCN(C(=O)CN1CCCS1(=O)=O)C(C)C(=O)O. The van der Waals surface area contributed by atoms with Gasteiger partial charge in [0.1, 0.15) is 6.04 Å². The predicted octanol–water partition coefficient (Wildman–Crippen LogP) is -1.54. The Balaban J connectivity index is 2.74. The first-order valence-corrected chi connectivity index (χ1v) is 8.50. The molecule has 0 bridgehead atoms. The molecule has 1 atom stereocenters. The summed E-state index contributed by atoms with van der Waals surface area (Å²) in [6.45, 7) is 2.64. The second-order valence-corrected chi connectivity index (χ2v) is 7.18. The van der Waals surface area contributed by atoms with E-state index >= 15 is 0 Å². The number of rotatable bonds is 7. The van der Waals surface area contributed by atoms with Crippen molar-refractivity contribution in [1.29, 1.82) is 0 Å². The van der Waals surface area contributed by atoms with Crippen LogP contribution in [-0.2, 0) is 24.4 Å². The third-order valence-corrected chi connectivity index (χ3v) is 5.29. The van der Waals surface area contributed by atoms with E-state index in [1.807, 2.05) is 0 Å². The highest BCUT2D eigenvalue weighted by molar-refractivity contribution is 7.89. The van der Waals surface area contributed by atoms with Crippen LogP contribution in [-0.4, -0.2) is 78.5 Å².